The van der Waals surface area contributed by atoms with Crippen molar-refractivity contribution >= 4 is 28.1 Å². The Morgan fingerprint density at radius 3 is 2.40 bits per heavy atom. The molecule has 0 fully saturated rings. The average Bonchev–Trinajstić information content (AvgIpc) is 2.47. The molecule has 1 aliphatic rings. The standard InChI is InChI=1S/C16H13BrN2S/c17-11-7-5-10(6-8-11)15-13-4-2-1-3-12(13)14(9-18)16(20)19-15/h5-8H,1-4H2,(H,19,20). The molecule has 0 aliphatic heterocycles. The van der Waals surface area contributed by atoms with Crippen LogP contribution < -0.4 is 0 Å². The molecule has 2 aromatic rings. The van der Waals surface area contributed by atoms with Crippen molar-refractivity contribution < 1.29 is 0 Å². The number of hydrogen-bond acceptors (Lipinski definition) is 2. The predicted octanol–water partition coefficient (Wildman–Crippen LogP) is 4.92. The Hall–Kier alpha value is -1.44. The van der Waals surface area contributed by atoms with E-state index in [1.54, 1.807) is 0 Å². The van der Waals surface area contributed by atoms with Crippen molar-refractivity contribution in [2.45, 2.75) is 25.7 Å². The van der Waals surface area contributed by atoms with Gasteiger partial charge >= 0.3 is 0 Å². The van der Waals surface area contributed by atoms with Crippen molar-refractivity contribution in [3.63, 3.8) is 0 Å². The summed E-state index contributed by atoms with van der Waals surface area (Å²) in [5.41, 5.74) is 5.29. The first kappa shape index (κ1) is 13.5. The molecule has 100 valence electrons. The largest absolute Gasteiger partial charge is 0.345 e. The molecule has 0 bridgehead atoms. The van der Waals surface area contributed by atoms with Gasteiger partial charge in [0.2, 0.25) is 0 Å². The third-order valence-corrected chi connectivity index (χ3v) is 4.62. The number of benzene rings is 1. The highest BCUT2D eigenvalue weighted by Crippen LogP contribution is 2.32. The first-order chi connectivity index (χ1) is 9.70. The van der Waals surface area contributed by atoms with Crippen LogP contribution in [0.3, 0.4) is 0 Å². The number of H-pyrrole nitrogens is 1. The summed E-state index contributed by atoms with van der Waals surface area (Å²) in [6.07, 6.45) is 4.29. The highest BCUT2D eigenvalue weighted by Gasteiger charge is 2.19. The Kier molecular flexibility index (Phi) is 3.73. The molecule has 0 saturated heterocycles. The maximum atomic E-state index is 9.33. The normalized spacial score (nSPS) is 13.6. The second-order valence-corrected chi connectivity index (χ2v) is 6.31. The second kappa shape index (κ2) is 5.51. The van der Waals surface area contributed by atoms with Gasteiger partial charge in [-0.15, -0.1) is 0 Å². The van der Waals surface area contributed by atoms with Crippen molar-refractivity contribution in [1.82, 2.24) is 4.98 Å². The average molecular weight is 345 g/mol. The highest BCUT2D eigenvalue weighted by molar-refractivity contribution is 9.10. The van der Waals surface area contributed by atoms with Gasteiger partial charge in [0.25, 0.3) is 0 Å². The SMILES string of the molecule is N#Cc1c2c(c(-c3ccc(Br)cc3)[nH]c1=S)CCCC2. The second-order valence-electron chi connectivity index (χ2n) is 4.99. The van der Waals surface area contributed by atoms with Crippen LogP contribution in [0, 0.1) is 16.0 Å². The van der Waals surface area contributed by atoms with E-state index in [2.05, 4.69) is 39.1 Å². The number of aromatic nitrogens is 1. The zero-order chi connectivity index (χ0) is 14.1. The lowest BCUT2D eigenvalue weighted by Crippen LogP contribution is -2.09. The molecule has 0 spiro atoms. The minimum absolute atomic E-state index is 0.561. The number of hydrogen-bond donors (Lipinski definition) is 1. The molecule has 4 heteroatoms. The molecular formula is C16H13BrN2S. The Morgan fingerprint density at radius 1 is 1.10 bits per heavy atom. The number of halogens is 1. The number of nitrogens with one attached hydrogen (secondary N) is 1. The van der Waals surface area contributed by atoms with E-state index in [0.717, 1.165) is 40.6 Å². The summed E-state index contributed by atoms with van der Waals surface area (Å²) in [5.74, 6) is 0. The van der Waals surface area contributed by atoms with Crippen molar-refractivity contribution in [2.24, 2.45) is 0 Å². The van der Waals surface area contributed by atoms with E-state index in [1.165, 1.54) is 12.0 Å². The number of nitrogens with zero attached hydrogens (tertiary/aromatic N) is 1. The van der Waals surface area contributed by atoms with Crippen LogP contribution >= 0.6 is 28.1 Å². The Balaban J connectivity index is 2.27. The summed E-state index contributed by atoms with van der Waals surface area (Å²) in [6, 6.07) is 10.5. The van der Waals surface area contributed by atoms with E-state index < -0.39 is 0 Å². The Bertz CT molecular complexity index is 754. The van der Waals surface area contributed by atoms with Crippen LogP contribution in [-0.2, 0) is 12.8 Å². The van der Waals surface area contributed by atoms with Gasteiger partial charge in [0.15, 0.2) is 0 Å². The van der Waals surface area contributed by atoms with Crippen molar-refractivity contribution in [2.75, 3.05) is 0 Å². The summed E-state index contributed by atoms with van der Waals surface area (Å²) >= 11 is 8.82. The Morgan fingerprint density at radius 2 is 1.75 bits per heavy atom. The molecule has 0 atom stereocenters. The molecule has 2 nitrogen and oxygen atoms in total. The van der Waals surface area contributed by atoms with E-state index >= 15 is 0 Å². The van der Waals surface area contributed by atoms with Gasteiger partial charge in [0, 0.05) is 10.2 Å². The fourth-order valence-electron chi connectivity index (χ4n) is 2.83. The maximum absolute atomic E-state index is 9.33. The number of aromatic amines is 1. The zero-order valence-corrected chi connectivity index (χ0v) is 13.3. The molecule has 1 N–H and O–H groups in total. The summed E-state index contributed by atoms with van der Waals surface area (Å²) in [4.78, 5) is 3.27. The van der Waals surface area contributed by atoms with E-state index in [9.17, 15) is 5.26 Å². The fourth-order valence-corrected chi connectivity index (χ4v) is 3.36. The lowest BCUT2D eigenvalue weighted by atomic mass is 9.86. The topological polar surface area (TPSA) is 39.6 Å². The number of nitriles is 1. The van der Waals surface area contributed by atoms with Crippen LogP contribution in [-0.4, -0.2) is 4.98 Å². The highest BCUT2D eigenvalue weighted by atomic mass is 79.9. The number of rotatable bonds is 1. The monoisotopic (exact) mass is 344 g/mol. The molecule has 1 heterocycles. The van der Waals surface area contributed by atoms with Crippen molar-refractivity contribution in [3.05, 3.63) is 50.1 Å². The minimum atomic E-state index is 0.561. The van der Waals surface area contributed by atoms with Gasteiger partial charge in [0.05, 0.1) is 5.56 Å². The van der Waals surface area contributed by atoms with E-state index in [4.69, 9.17) is 12.2 Å². The van der Waals surface area contributed by atoms with Gasteiger partial charge < -0.3 is 4.98 Å². The van der Waals surface area contributed by atoms with Gasteiger partial charge in [-0.05, 0) is 54.5 Å². The third-order valence-electron chi connectivity index (χ3n) is 3.78. The summed E-state index contributed by atoms with van der Waals surface area (Å²) in [6.45, 7) is 0. The molecule has 3 rings (SSSR count). The molecule has 0 saturated carbocycles. The third kappa shape index (κ3) is 2.32. The molecule has 0 amide bonds. The van der Waals surface area contributed by atoms with Gasteiger partial charge in [-0.25, -0.2) is 0 Å². The minimum Gasteiger partial charge on any atom is -0.345 e. The maximum Gasteiger partial charge on any atom is 0.121 e. The Labute approximate surface area is 131 Å². The van der Waals surface area contributed by atoms with Crippen LogP contribution in [0.2, 0.25) is 0 Å². The lowest BCUT2D eigenvalue weighted by molar-refractivity contribution is 0.681. The van der Waals surface area contributed by atoms with E-state index in [1.807, 2.05) is 12.1 Å². The van der Waals surface area contributed by atoms with Crippen molar-refractivity contribution in [1.29, 1.82) is 5.26 Å². The summed E-state index contributed by atoms with van der Waals surface area (Å²) in [5, 5.41) is 9.33. The summed E-state index contributed by atoms with van der Waals surface area (Å²) in [7, 11) is 0. The molecule has 1 aromatic carbocycles. The number of pyridine rings is 1. The number of fused-ring (bicyclic) bond motifs is 1. The molecule has 20 heavy (non-hydrogen) atoms. The molecule has 1 aromatic heterocycles. The van der Waals surface area contributed by atoms with Gasteiger partial charge in [-0.2, -0.15) is 5.26 Å². The molecule has 0 radical (unpaired) electrons. The molecular weight excluding hydrogens is 332 g/mol. The quantitative estimate of drug-likeness (QED) is 0.745. The predicted molar refractivity (Wildman–Crippen MR) is 86.1 cm³/mol. The summed E-state index contributed by atoms with van der Waals surface area (Å²) < 4.78 is 1.62. The van der Waals surface area contributed by atoms with Gasteiger partial charge in [-0.1, -0.05) is 40.3 Å². The van der Waals surface area contributed by atoms with Crippen LogP contribution in [0.15, 0.2) is 28.7 Å². The van der Waals surface area contributed by atoms with Crippen LogP contribution in [0.4, 0.5) is 0 Å². The van der Waals surface area contributed by atoms with Gasteiger partial charge in [0.1, 0.15) is 10.7 Å². The molecule has 0 unspecified atom stereocenters. The first-order valence-corrected chi connectivity index (χ1v) is 7.85. The van der Waals surface area contributed by atoms with E-state index in [0.29, 0.717) is 10.2 Å². The molecule has 1 aliphatic carbocycles. The van der Waals surface area contributed by atoms with E-state index in [-0.39, 0.29) is 0 Å². The first-order valence-electron chi connectivity index (χ1n) is 6.65. The van der Waals surface area contributed by atoms with Gasteiger partial charge in [-0.3, -0.25) is 0 Å². The zero-order valence-electron chi connectivity index (χ0n) is 10.9. The lowest BCUT2D eigenvalue weighted by Gasteiger charge is -2.21. The van der Waals surface area contributed by atoms with Crippen LogP contribution in [0.1, 0.15) is 29.5 Å². The van der Waals surface area contributed by atoms with Crippen LogP contribution in [0.5, 0.6) is 0 Å². The smallest absolute Gasteiger partial charge is 0.121 e. The fraction of sp³-hybridized carbons (Fsp3) is 0.250. The van der Waals surface area contributed by atoms with Crippen LogP contribution in [0.25, 0.3) is 11.3 Å². The van der Waals surface area contributed by atoms with Crippen molar-refractivity contribution in [3.8, 4) is 17.3 Å².